The molecule has 1 aromatic rings. The molecule has 0 radical (unpaired) electrons. The number of likely N-dealkylation sites (tertiary alicyclic amines) is 1. The molecule has 1 saturated heterocycles. The lowest BCUT2D eigenvalue weighted by Gasteiger charge is -2.41. The van der Waals surface area contributed by atoms with Crippen LogP contribution in [0.5, 0.6) is 0 Å². The Kier molecular flexibility index (Phi) is 4.16. The molecule has 0 aromatic heterocycles. The Bertz CT molecular complexity index is 473. The monoisotopic (exact) mass is 276 g/mol. The Morgan fingerprint density at radius 2 is 2.05 bits per heavy atom. The number of carboxylic acids is 1. The Hall–Kier alpha value is -1.39. The Balaban J connectivity index is 2.20. The van der Waals surface area contributed by atoms with Gasteiger partial charge in [0.2, 0.25) is 0 Å². The first-order valence-corrected chi connectivity index (χ1v) is 7.14. The fourth-order valence-corrected chi connectivity index (χ4v) is 3.05. The molecule has 0 amide bonds. The molecule has 2 rings (SSSR count). The van der Waals surface area contributed by atoms with E-state index in [0.29, 0.717) is 12.1 Å². The van der Waals surface area contributed by atoms with Crippen molar-refractivity contribution in [1.82, 2.24) is 4.90 Å². The van der Waals surface area contributed by atoms with Gasteiger partial charge in [-0.3, -0.25) is 0 Å². The molecule has 1 atom stereocenters. The summed E-state index contributed by atoms with van der Waals surface area (Å²) in [5.41, 5.74) is 5.80. The Labute approximate surface area is 120 Å². The fraction of sp³-hybridized carbons (Fsp3) is 0.562. The summed E-state index contributed by atoms with van der Waals surface area (Å²) in [5, 5.41) is 9.60. The molecule has 3 N–H and O–H groups in total. The third kappa shape index (κ3) is 3.19. The van der Waals surface area contributed by atoms with E-state index in [1.54, 1.807) is 12.1 Å². The van der Waals surface area contributed by atoms with Crippen LogP contribution in [0.4, 0.5) is 0 Å². The Morgan fingerprint density at radius 3 is 2.60 bits per heavy atom. The molecule has 0 saturated carbocycles. The van der Waals surface area contributed by atoms with Crippen molar-refractivity contribution >= 4 is 5.97 Å². The summed E-state index contributed by atoms with van der Waals surface area (Å²) in [7, 11) is 0. The SMILES string of the molecule is CC1(C)CCCN(CC(N)(C(=O)O)c2ccccc2)C1. The molecule has 0 spiro atoms. The summed E-state index contributed by atoms with van der Waals surface area (Å²) < 4.78 is 0. The minimum absolute atomic E-state index is 0.231. The quantitative estimate of drug-likeness (QED) is 0.883. The fourth-order valence-electron chi connectivity index (χ4n) is 3.05. The predicted octanol–water partition coefficient (Wildman–Crippen LogP) is 2.05. The molecule has 0 bridgehead atoms. The number of aliphatic carboxylic acids is 1. The lowest BCUT2D eigenvalue weighted by atomic mass is 9.82. The van der Waals surface area contributed by atoms with E-state index >= 15 is 0 Å². The van der Waals surface area contributed by atoms with E-state index in [2.05, 4.69) is 18.7 Å². The van der Waals surface area contributed by atoms with Crippen molar-refractivity contribution in [3.8, 4) is 0 Å². The second-order valence-corrected chi connectivity index (χ2v) is 6.62. The highest BCUT2D eigenvalue weighted by molar-refractivity contribution is 5.80. The van der Waals surface area contributed by atoms with Crippen LogP contribution >= 0.6 is 0 Å². The van der Waals surface area contributed by atoms with Gasteiger partial charge in [0.1, 0.15) is 0 Å². The number of benzene rings is 1. The summed E-state index contributed by atoms with van der Waals surface area (Å²) >= 11 is 0. The van der Waals surface area contributed by atoms with Gasteiger partial charge in [-0.25, -0.2) is 4.79 Å². The maximum absolute atomic E-state index is 11.7. The molecule has 1 aliphatic heterocycles. The van der Waals surface area contributed by atoms with Crippen LogP contribution < -0.4 is 5.73 Å². The zero-order valence-corrected chi connectivity index (χ0v) is 12.3. The molecular formula is C16H24N2O2. The van der Waals surface area contributed by atoms with Crippen LogP contribution in [-0.4, -0.2) is 35.6 Å². The van der Waals surface area contributed by atoms with Gasteiger partial charge in [-0.05, 0) is 30.4 Å². The topological polar surface area (TPSA) is 66.6 Å². The van der Waals surface area contributed by atoms with Crippen molar-refractivity contribution in [3.05, 3.63) is 35.9 Å². The smallest absolute Gasteiger partial charge is 0.329 e. The number of carbonyl (C=O) groups is 1. The maximum atomic E-state index is 11.7. The second kappa shape index (κ2) is 5.54. The van der Waals surface area contributed by atoms with Gasteiger partial charge in [-0.15, -0.1) is 0 Å². The van der Waals surface area contributed by atoms with Gasteiger partial charge < -0.3 is 15.7 Å². The van der Waals surface area contributed by atoms with Gasteiger partial charge in [-0.1, -0.05) is 44.2 Å². The number of carboxylic acid groups (broad SMARTS) is 1. The molecule has 1 fully saturated rings. The van der Waals surface area contributed by atoms with Crippen LogP contribution in [0, 0.1) is 5.41 Å². The summed E-state index contributed by atoms with van der Waals surface area (Å²) in [6, 6.07) is 9.13. The standard InChI is InChI=1S/C16H24N2O2/c1-15(2)9-6-10-18(11-15)12-16(17,14(19)20)13-7-4-3-5-8-13/h3-5,7-8H,6,9-12,17H2,1-2H3,(H,19,20). The molecule has 4 nitrogen and oxygen atoms in total. The van der Waals surface area contributed by atoms with Crippen LogP contribution in [0.3, 0.4) is 0 Å². The maximum Gasteiger partial charge on any atom is 0.329 e. The van der Waals surface area contributed by atoms with Gasteiger partial charge in [0.15, 0.2) is 5.54 Å². The molecular weight excluding hydrogens is 252 g/mol. The third-order valence-electron chi connectivity index (χ3n) is 4.12. The van der Waals surface area contributed by atoms with Gasteiger partial charge in [0.05, 0.1) is 0 Å². The number of hydrogen-bond acceptors (Lipinski definition) is 3. The van der Waals surface area contributed by atoms with E-state index < -0.39 is 11.5 Å². The molecule has 0 aliphatic carbocycles. The van der Waals surface area contributed by atoms with Crippen molar-refractivity contribution in [2.24, 2.45) is 11.1 Å². The van der Waals surface area contributed by atoms with Crippen LogP contribution in [-0.2, 0) is 10.3 Å². The largest absolute Gasteiger partial charge is 0.480 e. The molecule has 20 heavy (non-hydrogen) atoms. The van der Waals surface area contributed by atoms with Crippen LogP contribution in [0.25, 0.3) is 0 Å². The van der Waals surface area contributed by atoms with E-state index in [0.717, 1.165) is 19.5 Å². The third-order valence-corrected chi connectivity index (χ3v) is 4.12. The van der Waals surface area contributed by atoms with Crippen LogP contribution in [0.15, 0.2) is 30.3 Å². The van der Waals surface area contributed by atoms with Crippen LogP contribution in [0.2, 0.25) is 0 Å². The van der Waals surface area contributed by atoms with Gasteiger partial charge in [0, 0.05) is 13.1 Å². The van der Waals surface area contributed by atoms with Gasteiger partial charge in [0.25, 0.3) is 0 Å². The van der Waals surface area contributed by atoms with E-state index in [9.17, 15) is 9.90 Å². The van der Waals surface area contributed by atoms with Crippen molar-refractivity contribution in [3.63, 3.8) is 0 Å². The first kappa shape index (κ1) is 15.0. The van der Waals surface area contributed by atoms with Crippen molar-refractivity contribution in [2.45, 2.75) is 32.2 Å². The lowest BCUT2D eigenvalue weighted by molar-refractivity contribution is -0.145. The zero-order chi connectivity index (χ0) is 14.8. The van der Waals surface area contributed by atoms with E-state index in [1.165, 1.54) is 6.42 Å². The average Bonchev–Trinajstić information content (AvgIpc) is 2.38. The minimum atomic E-state index is -1.34. The lowest BCUT2D eigenvalue weighted by Crippen LogP contribution is -2.55. The summed E-state index contributed by atoms with van der Waals surface area (Å²) in [6.07, 6.45) is 2.27. The highest BCUT2D eigenvalue weighted by atomic mass is 16.4. The predicted molar refractivity (Wildman–Crippen MR) is 79.4 cm³/mol. The molecule has 1 aliphatic rings. The van der Waals surface area contributed by atoms with Crippen molar-refractivity contribution < 1.29 is 9.90 Å². The first-order valence-electron chi connectivity index (χ1n) is 7.14. The molecule has 1 heterocycles. The number of nitrogens with zero attached hydrogens (tertiary/aromatic N) is 1. The van der Waals surface area contributed by atoms with Gasteiger partial charge >= 0.3 is 5.97 Å². The summed E-state index contributed by atoms with van der Waals surface area (Å²) in [4.78, 5) is 13.9. The molecule has 1 unspecified atom stereocenters. The van der Waals surface area contributed by atoms with E-state index in [-0.39, 0.29) is 5.41 Å². The highest BCUT2D eigenvalue weighted by Crippen LogP contribution is 2.30. The first-order chi connectivity index (χ1) is 9.33. The van der Waals surface area contributed by atoms with E-state index in [4.69, 9.17) is 5.73 Å². The molecule has 4 heteroatoms. The minimum Gasteiger partial charge on any atom is -0.480 e. The second-order valence-electron chi connectivity index (χ2n) is 6.62. The number of rotatable bonds is 4. The van der Waals surface area contributed by atoms with Crippen LogP contribution in [0.1, 0.15) is 32.3 Å². The average molecular weight is 276 g/mol. The Morgan fingerprint density at radius 1 is 1.40 bits per heavy atom. The number of nitrogens with two attached hydrogens (primary N) is 1. The summed E-state index contributed by atoms with van der Waals surface area (Å²) in [5.74, 6) is -0.966. The van der Waals surface area contributed by atoms with Crippen molar-refractivity contribution in [2.75, 3.05) is 19.6 Å². The highest BCUT2D eigenvalue weighted by Gasteiger charge is 2.39. The summed E-state index contributed by atoms with van der Waals surface area (Å²) in [6.45, 7) is 6.62. The van der Waals surface area contributed by atoms with E-state index in [1.807, 2.05) is 18.2 Å². The van der Waals surface area contributed by atoms with Crippen molar-refractivity contribution in [1.29, 1.82) is 0 Å². The molecule has 110 valence electrons. The molecule has 1 aromatic carbocycles. The number of piperidine rings is 1. The number of hydrogen-bond donors (Lipinski definition) is 2. The zero-order valence-electron chi connectivity index (χ0n) is 12.3. The normalized spacial score (nSPS) is 22.1. The van der Waals surface area contributed by atoms with Gasteiger partial charge in [-0.2, -0.15) is 0 Å².